The summed E-state index contributed by atoms with van der Waals surface area (Å²) in [6.45, 7) is 6.50. The van der Waals surface area contributed by atoms with Gasteiger partial charge in [0.25, 0.3) is 11.8 Å². The van der Waals surface area contributed by atoms with E-state index in [1.165, 1.54) is 0 Å². The highest BCUT2D eigenvalue weighted by Gasteiger charge is 2.08. The molecule has 0 radical (unpaired) electrons. The second kappa shape index (κ2) is 14.4. The number of hydrogen-bond donors (Lipinski definition) is 3. The number of benzene rings is 2. The highest BCUT2D eigenvalue weighted by Crippen LogP contribution is 2.08. The number of nitrogens with zero attached hydrogens (tertiary/aromatic N) is 2. The van der Waals surface area contributed by atoms with Crippen molar-refractivity contribution in [2.75, 3.05) is 33.7 Å². The Bertz CT molecular complexity index is 898. The number of nitrogens with one attached hydrogen (secondary N) is 3. The molecule has 0 bridgehead atoms. The largest absolute Gasteiger partial charge is 0.357 e. The molecule has 0 spiro atoms. The van der Waals surface area contributed by atoms with Gasteiger partial charge in [0, 0.05) is 44.9 Å². The molecule has 2 aromatic carbocycles. The molecule has 0 unspecified atom stereocenters. The van der Waals surface area contributed by atoms with Gasteiger partial charge in [-0.2, -0.15) is 0 Å². The third kappa shape index (κ3) is 8.86. The molecule has 0 saturated heterocycles. The van der Waals surface area contributed by atoms with Crippen LogP contribution in [-0.4, -0.2) is 56.4 Å². The average Bonchev–Trinajstić information content (AvgIpc) is 2.77. The fourth-order valence-electron chi connectivity index (χ4n) is 2.98. The maximum Gasteiger partial charge on any atom is 0.253 e. The fourth-order valence-corrected chi connectivity index (χ4v) is 2.98. The van der Waals surface area contributed by atoms with Crippen LogP contribution in [0.4, 0.5) is 0 Å². The molecule has 3 N–H and O–H groups in total. The molecule has 2 rings (SSSR count). The molecule has 0 saturated carbocycles. The fraction of sp³-hybridized carbons (Fsp3) is 0.375. The van der Waals surface area contributed by atoms with E-state index in [1.54, 1.807) is 19.0 Å². The van der Waals surface area contributed by atoms with Gasteiger partial charge in [-0.25, -0.2) is 4.99 Å². The van der Waals surface area contributed by atoms with Gasteiger partial charge in [-0.1, -0.05) is 24.3 Å². The highest BCUT2D eigenvalue weighted by molar-refractivity contribution is 14.0. The van der Waals surface area contributed by atoms with Crippen LogP contribution in [0.2, 0.25) is 0 Å². The summed E-state index contributed by atoms with van der Waals surface area (Å²) in [5, 5.41) is 9.37. The summed E-state index contributed by atoms with van der Waals surface area (Å²) < 4.78 is 0. The lowest BCUT2D eigenvalue weighted by atomic mass is 10.1. The minimum Gasteiger partial charge on any atom is -0.357 e. The Labute approximate surface area is 208 Å². The van der Waals surface area contributed by atoms with Crippen molar-refractivity contribution in [1.29, 1.82) is 0 Å². The SMILES string of the molecule is CCNC(=O)c1ccc(CN=C(NCC)NCCc2cccc(C(=O)N(C)C)c2)cc1.I. The van der Waals surface area contributed by atoms with E-state index in [1.807, 2.05) is 62.4 Å². The van der Waals surface area contributed by atoms with Crippen molar-refractivity contribution in [2.24, 2.45) is 4.99 Å². The van der Waals surface area contributed by atoms with Crippen molar-refractivity contribution in [2.45, 2.75) is 26.8 Å². The second-order valence-corrected chi connectivity index (χ2v) is 7.33. The maximum atomic E-state index is 12.1. The van der Waals surface area contributed by atoms with Crippen molar-refractivity contribution in [3.05, 3.63) is 70.8 Å². The smallest absolute Gasteiger partial charge is 0.253 e. The zero-order valence-corrected chi connectivity index (χ0v) is 21.6. The topological polar surface area (TPSA) is 85.8 Å². The Hall–Kier alpha value is -2.62. The van der Waals surface area contributed by atoms with E-state index >= 15 is 0 Å². The molecule has 2 aromatic rings. The number of halogens is 1. The van der Waals surface area contributed by atoms with Crippen molar-refractivity contribution in [3.63, 3.8) is 0 Å². The summed E-state index contributed by atoms with van der Waals surface area (Å²) in [5.74, 6) is 0.669. The van der Waals surface area contributed by atoms with Gasteiger partial charge < -0.3 is 20.9 Å². The normalized spacial score (nSPS) is 10.7. The van der Waals surface area contributed by atoms with E-state index in [2.05, 4.69) is 20.9 Å². The Balaban J connectivity index is 0.00000512. The lowest BCUT2D eigenvalue weighted by molar-refractivity contribution is 0.0827. The molecule has 32 heavy (non-hydrogen) atoms. The first-order chi connectivity index (χ1) is 14.9. The van der Waals surface area contributed by atoms with Crippen molar-refractivity contribution in [3.8, 4) is 0 Å². The molecule has 0 aliphatic rings. The van der Waals surface area contributed by atoms with Crippen LogP contribution >= 0.6 is 24.0 Å². The number of aliphatic imine (C=N–C) groups is 1. The summed E-state index contributed by atoms with van der Waals surface area (Å²) in [6.07, 6.45) is 0.778. The number of amides is 2. The molecule has 0 aliphatic carbocycles. The summed E-state index contributed by atoms with van der Waals surface area (Å²) in [6, 6.07) is 15.2. The first kappa shape index (κ1) is 27.4. The number of rotatable bonds is 9. The molecular formula is C24H34IN5O2. The van der Waals surface area contributed by atoms with Crippen molar-refractivity contribution < 1.29 is 9.59 Å². The van der Waals surface area contributed by atoms with E-state index in [0.29, 0.717) is 30.8 Å². The molecule has 0 aliphatic heterocycles. The Morgan fingerprint density at radius 1 is 0.875 bits per heavy atom. The van der Waals surface area contributed by atoms with E-state index in [0.717, 1.165) is 30.1 Å². The lowest BCUT2D eigenvalue weighted by Crippen LogP contribution is -2.38. The molecule has 2 amide bonds. The predicted octanol–water partition coefficient (Wildman–Crippen LogP) is 3.05. The van der Waals surface area contributed by atoms with Gasteiger partial charge >= 0.3 is 0 Å². The van der Waals surface area contributed by atoms with Gasteiger partial charge in [-0.15, -0.1) is 24.0 Å². The average molecular weight is 551 g/mol. The number of hydrogen-bond acceptors (Lipinski definition) is 3. The van der Waals surface area contributed by atoms with Crippen LogP contribution in [0.15, 0.2) is 53.5 Å². The molecule has 0 fully saturated rings. The molecule has 0 atom stereocenters. The lowest BCUT2D eigenvalue weighted by Gasteiger charge is -2.13. The molecule has 7 nitrogen and oxygen atoms in total. The minimum atomic E-state index is -0.0658. The van der Waals surface area contributed by atoms with Gasteiger partial charge in [-0.3, -0.25) is 9.59 Å². The summed E-state index contributed by atoms with van der Waals surface area (Å²) >= 11 is 0. The van der Waals surface area contributed by atoms with Gasteiger partial charge in [0.15, 0.2) is 5.96 Å². The summed E-state index contributed by atoms with van der Waals surface area (Å²) in [4.78, 5) is 30.2. The minimum absolute atomic E-state index is 0. The highest BCUT2D eigenvalue weighted by atomic mass is 127. The number of guanidine groups is 1. The van der Waals surface area contributed by atoms with Gasteiger partial charge in [0.1, 0.15) is 0 Å². The van der Waals surface area contributed by atoms with E-state index < -0.39 is 0 Å². The molecule has 174 valence electrons. The van der Waals surface area contributed by atoms with Crippen LogP contribution in [0.1, 0.15) is 45.7 Å². The van der Waals surface area contributed by atoms with Crippen LogP contribution in [0.3, 0.4) is 0 Å². The van der Waals surface area contributed by atoms with Crippen LogP contribution < -0.4 is 16.0 Å². The third-order valence-electron chi connectivity index (χ3n) is 4.60. The van der Waals surface area contributed by atoms with E-state index in [4.69, 9.17) is 0 Å². The molecule has 0 aromatic heterocycles. The van der Waals surface area contributed by atoms with Gasteiger partial charge in [0.05, 0.1) is 6.54 Å². The standard InChI is InChI=1S/C24H33N5O2.HI/c1-5-25-22(30)20-12-10-19(11-13-20)17-28-24(26-6-2)27-15-14-18-8-7-9-21(16-18)23(31)29(3)4;/h7-13,16H,5-6,14-15,17H2,1-4H3,(H,25,30)(H2,26,27,28);1H. The summed E-state index contributed by atoms with van der Waals surface area (Å²) in [7, 11) is 3.51. The Kier molecular flexibility index (Phi) is 12.4. The van der Waals surface area contributed by atoms with Crippen LogP contribution in [0.25, 0.3) is 0 Å². The Morgan fingerprint density at radius 3 is 2.19 bits per heavy atom. The van der Waals surface area contributed by atoms with Gasteiger partial charge in [-0.05, 0) is 55.7 Å². The summed E-state index contributed by atoms with van der Waals surface area (Å²) in [5.41, 5.74) is 3.46. The monoisotopic (exact) mass is 551 g/mol. The van der Waals surface area contributed by atoms with Crippen LogP contribution in [-0.2, 0) is 13.0 Å². The Morgan fingerprint density at radius 2 is 1.56 bits per heavy atom. The van der Waals surface area contributed by atoms with Crippen LogP contribution in [0, 0.1) is 0 Å². The molecule has 0 heterocycles. The first-order valence-electron chi connectivity index (χ1n) is 10.6. The first-order valence-corrected chi connectivity index (χ1v) is 10.6. The second-order valence-electron chi connectivity index (χ2n) is 7.33. The van der Waals surface area contributed by atoms with Crippen molar-refractivity contribution >= 4 is 41.8 Å². The predicted molar refractivity (Wildman–Crippen MR) is 141 cm³/mol. The molecular weight excluding hydrogens is 517 g/mol. The van der Waals surface area contributed by atoms with Gasteiger partial charge in [0.2, 0.25) is 0 Å². The third-order valence-corrected chi connectivity index (χ3v) is 4.60. The zero-order valence-electron chi connectivity index (χ0n) is 19.3. The van der Waals surface area contributed by atoms with E-state index in [9.17, 15) is 9.59 Å². The molecule has 8 heteroatoms. The number of carbonyl (C=O) groups excluding carboxylic acids is 2. The zero-order chi connectivity index (χ0) is 22.6. The maximum absolute atomic E-state index is 12.1. The quantitative estimate of drug-likeness (QED) is 0.254. The van der Waals surface area contributed by atoms with E-state index in [-0.39, 0.29) is 35.8 Å². The number of carbonyl (C=O) groups is 2. The van der Waals surface area contributed by atoms with Crippen molar-refractivity contribution in [1.82, 2.24) is 20.9 Å². The van der Waals surface area contributed by atoms with Crippen LogP contribution in [0.5, 0.6) is 0 Å².